The first-order valence-corrected chi connectivity index (χ1v) is 8.40. The Morgan fingerprint density at radius 2 is 1.91 bits per heavy atom. The number of nitrogens with one attached hydrogen (secondary N) is 1. The minimum atomic E-state index is -0.944. The van der Waals surface area contributed by atoms with Crippen molar-refractivity contribution >= 4 is 17.8 Å². The van der Waals surface area contributed by atoms with Crippen molar-refractivity contribution in [3.8, 4) is 0 Å². The first-order valence-electron chi connectivity index (χ1n) is 8.40. The quantitative estimate of drug-likeness (QED) is 0.776. The van der Waals surface area contributed by atoms with E-state index in [1.807, 2.05) is 0 Å². The van der Waals surface area contributed by atoms with Gasteiger partial charge in [0.25, 0.3) is 0 Å². The van der Waals surface area contributed by atoms with Crippen molar-refractivity contribution < 1.29 is 24.2 Å². The van der Waals surface area contributed by atoms with E-state index < -0.39 is 12.0 Å². The van der Waals surface area contributed by atoms with E-state index in [2.05, 4.69) is 26.1 Å². The van der Waals surface area contributed by atoms with Crippen LogP contribution in [0.3, 0.4) is 0 Å². The van der Waals surface area contributed by atoms with Crippen LogP contribution in [0.2, 0.25) is 0 Å². The van der Waals surface area contributed by atoms with Gasteiger partial charge in [-0.05, 0) is 37.0 Å². The lowest BCUT2D eigenvalue weighted by molar-refractivity contribution is -0.153. The van der Waals surface area contributed by atoms with Gasteiger partial charge in [0.05, 0.1) is 0 Å². The molecule has 4 atom stereocenters. The van der Waals surface area contributed by atoms with Crippen LogP contribution < -0.4 is 5.32 Å². The van der Waals surface area contributed by atoms with E-state index in [-0.39, 0.29) is 18.0 Å². The summed E-state index contributed by atoms with van der Waals surface area (Å²) in [4.78, 5) is 31.5. The fraction of sp³-hybridized carbons (Fsp3) is 0.824. The van der Waals surface area contributed by atoms with Gasteiger partial charge in [0.1, 0.15) is 12.1 Å². The fourth-order valence-electron chi connectivity index (χ4n) is 3.26. The van der Waals surface area contributed by atoms with Crippen LogP contribution >= 0.6 is 0 Å². The van der Waals surface area contributed by atoms with Crippen LogP contribution in [0.5, 0.6) is 0 Å². The van der Waals surface area contributed by atoms with Crippen molar-refractivity contribution in [2.75, 3.05) is 0 Å². The molecular weight excluding hydrogens is 298 g/mol. The number of hydrogen-bond donors (Lipinski definition) is 2. The summed E-state index contributed by atoms with van der Waals surface area (Å²) in [6.07, 6.45) is 4.46. The molecule has 2 aliphatic rings. The van der Waals surface area contributed by atoms with Crippen LogP contribution in [0.4, 0.5) is 0 Å². The highest BCUT2D eigenvalue weighted by atomic mass is 16.5. The predicted octanol–water partition coefficient (Wildman–Crippen LogP) is 2.36. The predicted molar refractivity (Wildman–Crippen MR) is 85.7 cm³/mol. The lowest BCUT2D eigenvalue weighted by Crippen LogP contribution is -2.35. The molecule has 1 amide bonds. The summed E-state index contributed by atoms with van der Waals surface area (Å²) in [6.45, 7) is 8.19. The Bertz CT molecular complexity index is 435. The number of carboxylic acid groups (broad SMARTS) is 1. The molecule has 1 aliphatic carbocycles. The molecular formula is C17H29NO5. The minimum absolute atomic E-state index is 0.130. The average Bonchev–Trinajstić information content (AvgIpc) is 2.85. The first-order chi connectivity index (χ1) is 10.7. The molecule has 0 spiro atoms. The van der Waals surface area contributed by atoms with Gasteiger partial charge in [-0.15, -0.1) is 0 Å². The van der Waals surface area contributed by atoms with Gasteiger partial charge < -0.3 is 15.2 Å². The SMILES string of the molecule is CC(=O)OC1CC(C)CCC1C(C)C.O=C1CC[C@@H](C(=O)O)N1. The highest BCUT2D eigenvalue weighted by molar-refractivity contribution is 5.87. The third-order valence-corrected chi connectivity index (χ3v) is 4.57. The van der Waals surface area contributed by atoms with Crippen molar-refractivity contribution in [2.24, 2.45) is 17.8 Å². The van der Waals surface area contributed by atoms with Gasteiger partial charge in [-0.25, -0.2) is 4.79 Å². The van der Waals surface area contributed by atoms with Gasteiger partial charge in [-0.1, -0.05) is 27.2 Å². The summed E-state index contributed by atoms with van der Waals surface area (Å²) in [6, 6.07) is -0.641. The van der Waals surface area contributed by atoms with E-state index in [1.165, 1.54) is 19.8 Å². The molecule has 1 saturated carbocycles. The van der Waals surface area contributed by atoms with E-state index in [4.69, 9.17) is 9.84 Å². The second kappa shape index (κ2) is 8.89. The maximum atomic E-state index is 11.0. The summed E-state index contributed by atoms with van der Waals surface area (Å²) in [7, 11) is 0. The molecule has 1 aliphatic heterocycles. The van der Waals surface area contributed by atoms with Crippen LogP contribution in [0.15, 0.2) is 0 Å². The highest BCUT2D eigenvalue weighted by Crippen LogP contribution is 2.35. The maximum absolute atomic E-state index is 11.0. The number of carboxylic acids is 1. The van der Waals surface area contributed by atoms with Gasteiger partial charge in [0.15, 0.2) is 0 Å². The second-order valence-electron chi connectivity index (χ2n) is 6.97. The molecule has 1 heterocycles. The number of ether oxygens (including phenoxy) is 1. The van der Waals surface area contributed by atoms with Crippen molar-refractivity contribution in [3.63, 3.8) is 0 Å². The molecule has 23 heavy (non-hydrogen) atoms. The summed E-state index contributed by atoms with van der Waals surface area (Å²) in [5.74, 6) is 0.648. The maximum Gasteiger partial charge on any atom is 0.326 e. The van der Waals surface area contributed by atoms with E-state index in [0.717, 1.165) is 6.42 Å². The molecule has 0 aromatic rings. The van der Waals surface area contributed by atoms with E-state index >= 15 is 0 Å². The smallest absolute Gasteiger partial charge is 0.326 e. The normalized spacial score (nSPS) is 30.2. The van der Waals surface area contributed by atoms with Crippen LogP contribution in [-0.2, 0) is 19.1 Å². The summed E-state index contributed by atoms with van der Waals surface area (Å²) >= 11 is 0. The first kappa shape index (κ1) is 19.5. The number of carbonyl (C=O) groups is 3. The van der Waals surface area contributed by atoms with E-state index in [0.29, 0.717) is 30.6 Å². The standard InChI is InChI=1S/C12H22O2.C5H7NO3/c1-8(2)11-6-5-9(3)7-12(11)14-10(4)13;7-4-2-1-3(6-4)5(8)9/h8-9,11-12H,5-7H2,1-4H3;3H,1-2H2,(H,6,7)(H,8,9)/t;3-/m.0/s1. The molecule has 6 nitrogen and oxygen atoms in total. The third kappa shape index (κ3) is 6.59. The molecule has 2 rings (SSSR count). The van der Waals surface area contributed by atoms with Crippen molar-refractivity contribution in [2.45, 2.75) is 71.9 Å². The van der Waals surface area contributed by atoms with E-state index in [1.54, 1.807) is 0 Å². The van der Waals surface area contributed by atoms with Crippen LogP contribution in [-0.4, -0.2) is 35.1 Å². The molecule has 0 aromatic heterocycles. The zero-order chi connectivity index (χ0) is 17.6. The molecule has 1 saturated heterocycles. The molecule has 0 bridgehead atoms. The Balaban J connectivity index is 0.000000253. The average molecular weight is 327 g/mol. The number of carbonyl (C=O) groups excluding carboxylic acids is 2. The number of amides is 1. The monoisotopic (exact) mass is 327 g/mol. The molecule has 132 valence electrons. The molecule has 2 N–H and O–H groups in total. The van der Waals surface area contributed by atoms with Gasteiger partial charge in [0, 0.05) is 13.3 Å². The van der Waals surface area contributed by atoms with Crippen LogP contribution in [0.1, 0.15) is 59.8 Å². The second-order valence-corrected chi connectivity index (χ2v) is 6.97. The summed E-state index contributed by atoms with van der Waals surface area (Å²) < 4.78 is 5.40. The zero-order valence-corrected chi connectivity index (χ0v) is 14.5. The molecule has 3 unspecified atom stereocenters. The molecule has 2 fully saturated rings. The minimum Gasteiger partial charge on any atom is -0.480 e. The Labute approximate surface area is 138 Å². The van der Waals surface area contributed by atoms with Gasteiger partial charge in [-0.3, -0.25) is 9.59 Å². The highest BCUT2D eigenvalue weighted by Gasteiger charge is 2.32. The van der Waals surface area contributed by atoms with Crippen molar-refractivity contribution in [1.29, 1.82) is 0 Å². The lowest BCUT2D eigenvalue weighted by Gasteiger charge is -2.36. The van der Waals surface area contributed by atoms with Gasteiger partial charge >= 0.3 is 11.9 Å². The number of hydrogen-bond acceptors (Lipinski definition) is 4. The van der Waals surface area contributed by atoms with Crippen molar-refractivity contribution in [1.82, 2.24) is 5.32 Å². The number of rotatable bonds is 3. The molecule has 0 aromatic carbocycles. The summed E-state index contributed by atoms with van der Waals surface area (Å²) in [5.41, 5.74) is 0. The Hall–Kier alpha value is -1.59. The topological polar surface area (TPSA) is 92.7 Å². The van der Waals surface area contributed by atoms with Crippen LogP contribution in [0.25, 0.3) is 0 Å². The summed E-state index contributed by atoms with van der Waals surface area (Å²) in [5, 5.41) is 10.6. The Kier molecular flexibility index (Phi) is 7.52. The number of aliphatic carboxylic acids is 1. The molecule has 0 radical (unpaired) electrons. The van der Waals surface area contributed by atoms with Crippen LogP contribution in [0, 0.1) is 17.8 Å². The van der Waals surface area contributed by atoms with Gasteiger partial charge in [-0.2, -0.15) is 0 Å². The number of esters is 1. The third-order valence-electron chi connectivity index (χ3n) is 4.57. The Morgan fingerprint density at radius 1 is 1.26 bits per heavy atom. The Morgan fingerprint density at radius 3 is 2.30 bits per heavy atom. The van der Waals surface area contributed by atoms with E-state index in [9.17, 15) is 14.4 Å². The van der Waals surface area contributed by atoms with Gasteiger partial charge in [0.2, 0.25) is 5.91 Å². The lowest BCUT2D eigenvalue weighted by atomic mass is 9.75. The largest absolute Gasteiger partial charge is 0.480 e. The zero-order valence-electron chi connectivity index (χ0n) is 14.5. The fourth-order valence-corrected chi connectivity index (χ4v) is 3.26. The molecule has 6 heteroatoms. The van der Waals surface area contributed by atoms with Crippen molar-refractivity contribution in [3.05, 3.63) is 0 Å².